The fraction of sp³-hybridized carbons (Fsp3) is 0.417. The Bertz CT molecular complexity index is 482. The van der Waals surface area contributed by atoms with Crippen LogP contribution in [-0.2, 0) is 11.0 Å². The smallest absolute Gasteiger partial charge is 0.324 e. The van der Waals surface area contributed by atoms with Crippen LogP contribution in [0.1, 0.15) is 12.0 Å². The molecule has 0 aliphatic carbocycles. The molecule has 0 aliphatic heterocycles. The molecule has 1 amide bonds. The molecule has 3 N–H and O–H groups in total. The van der Waals surface area contributed by atoms with Gasteiger partial charge in [-0.25, -0.2) is 0 Å². The number of amides is 1. The lowest BCUT2D eigenvalue weighted by Crippen LogP contribution is -2.36. The van der Waals surface area contributed by atoms with Gasteiger partial charge in [0, 0.05) is 4.47 Å². The number of nitrogens with one attached hydrogen (secondary N) is 1. The Morgan fingerprint density at radius 3 is 2.70 bits per heavy atom. The summed E-state index contributed by atoms with van der Waals surface area (Å²) in [4.78, 5) is 11.8. The van der Waals surface area contributed by atoms with Gasteiger partial charge >= 0.3 is 6.18 Å². The number of halogens is 4. The summed E-state index contributed by atoms with van der Waals surface area (Å²) in [5, 5.41) is 2.41. The van der Waals surface area contributed by atoms with Crippen LogP contribution in [0.15, 0.2) is 22.7 Å². The zero-order chi connectivity index (χ0) is 15.3. The molecule has 0 saturated heterocycles. The molecule has 3 nitrogen and oxygen atoms in total. The molecule has 0 bridgehead atoms. The van der Waals surface area contributed by atoms with E-state index in [1.54, 1.807) is 11.8 Å². The van der Waals surface area contributed by atoms with Crippen molar-refractivity contribution < 1.29 is 18.0 Å². The van der Waals surface area contributed by atoms with Crippen LogP contribution in [0.2, 0.25) is 0 Å². The van der Waals surface area contributed by atoms with E-state index in [1.165, 1.54) is 6.07 Å². The van der Waals surface area contributed by atoms with E-state index in [4.69, 9.17) is 5.73 Å². The van der Waals surface area contributed by atoms with Crippen molar-refractivity contribution in [2.75, 3.05) is 17.3 Å². The van der Waals surface area contributed by atoms with Gasteiger partial charge in [-0.05, 0) is 52.6 Å². The Kier molecular flexibility index (Phi) is 6.35. The lowest BCUT2D eigenvalue weighted by molar-refractivity contribution is -0.137. The highest BCUT2D eigenvalue weighted by molar-refractivity contribution is 9.10. The summed E-state index contributed by atoms with van der Waals surface area (Å²) in [6, 6.07) is 2.31. The number of rotatable bonds is 5. The molecule has 0 aromatic heterocycles. The zero-order valence-corrected chi connectivity index (χ0v) is 13.0. The van der Waals surface area contributed by atoms with E-state index in [0.717, 1.165) is 12.1 Å². The van der Waals surface area contributed by atoms with E-state index in [-0.39, 0.29) is 5.69 Å². The highest BCUT2D eigenvalue weighted by atomic mass is 79.9. The van der Waals surface area contributed by atoms with Crippen molar-refractivity contribution in [3.63, 3.8) is 0 Å². The Morgan fingerprint density at radius 1 is 1.50 bits per heavy atom. The van der Waals surface area contributed by atoms with E-state index >= 15 is 0 Å². The number of nitrogens with two attached hydrogens (primary N) is 1. The van der Waals surface area contributed by atoms with Gasteiger partial charge in [0.15, 0.2) is 0 Å². The molecule has 0 unspecified atom stereocenters. The number of hydrogen-bond donors (Lipinski definition) is 2. The molecule has 1 atom stereocenters. The number of carbonyl (C=O) groups is 1. The molecular formula is C12H14BrF3N2OS. The molecule has 0 spiro atoms. The molecule has 0 radical (unpaired) electrons. The second kappa shape index (κ2) is 7.33. The summed E-state index contributed by atoms with van der Waals surface area (Å²) in [6.45, 7) is 0. The molecule has 1 aromatic carbocycles. The number of hydrogen-bond acceptors (Lipinski definition) is 3. The summed E-state index contributed by atoms with van der Waals surface area (Å²) < 4.78 is 38.2. The van der Waals surface area contributed by atoms with Crippen molar-refractivity contribution in [3.05, 3.63) is 28.2 Å². The van der Waals surface area contributed by atoms with Gasteiger partial charge in [-0.1, -0.05) is 0 Å². The molecule has 0 aliphatic rings. The van der Waals surface area contributed by atoms with Gasteiger partial charge in [0.05, 0.1) is 17.3 Å². The minimum absolute atomic E-state index is 0.0597. The first-order chi connectivity index (χ1) is 9.25. The Labute approximate surface area is 127 Å². The van der Waals surface area contributed by atoms with E-state index in [9.17, 15) is 18.0 Å². The lowest BCUT2D eigenvalue weighted by Gasteiger charge is -2.14. The fourth-order valence-corrected chi connectivity index (χ4v) is 2.23. The van der Waals surface area contributed by atoms with Crippen molar-refractivity contribution in [3.8, 4) is 0 Å². The Balaban J connectivity index is 2.84. The largest absolute Gasteiger partial charge is 0.416 e. The molecule has 8 heteroatoms. The van der Waals surface area contributed by atoms with Gasteiger partial charge in [-0.2, -0.15) is 24.9 Å². The summed E-state index contributed by atoms with van der Waals surface area (Å²) in [5.74, 6) is 0.206. The maximum Gasteiger partial charge on any atom is 0.416 e. The molecule has 0 heterocycles. The Hall–Kier alpha value is -0.730. The van der Waals surface area contributed by atoms with Crippen molar-refractivity contribution in [2.45, 2.75) is 18.6 Å². The maximum atomic E-state index is 12.6. The van der Waals surface area contributed by atoms with Gasteiger partial charge in [0.1, 0.15) is 0 Å². The third-order valence-corrected chi connectivity index (χ3v) is 3.86. The predicted octanol–water partition coefficient (Wildman–Crippen LogP) is 3.49. The normalized spacial score (nSPS) is 13.1. The van der Waals surface area contributed by atoms with E-state index in [0.29, 0.717) is 16.6 Å². The SMILES string of the molecule is CSCC[C@H](N)C(=O)Nc1cc(C(F)(F)F)ccc1Br. The molecule has 1 rings (SSSR count). The van der Waals surface area contributed by atoms with Crippen LogP contribution < -0.4 is 11.1 Å². The third kappa shape index (κ3) is 4.99. The van der Waals surface area contributed by atoms with Gasteiger partial charge in [0.25, 0.3) is 0 Å². The first-order valence-corrected chi connectivity index (χ1v) is 7.86. The number of thioether (sulfide) groups is 1. The van der Waals surface area contributed by atoms with Crippen molar-refractivity contribution in [2.24, 2.45) is 5.73 Å². The quantitative estimate of drug-likeness (QED) is 0.833. The van der Waals surface area contributed by atoms with E-state index in [1.807, 2.05) is 6.26 Å². The summed E-state index contributed by atoms with van der Waals surface area (Å²) in [6.07, 6.45) is -2.11. The third-order valence-electron chi connectivity index (χ3n) is 2.52. The standard InChI is InChI=1S/C12H14BrF3N2OS/c1-20-5-4-9(17)11(19)18-10-6-7(12(14,15)16)2-3-8(10)13/h2-3,6,9H,4-5,17H2,1H3,(H,18,19)/t9-/m0/s1. The monoisotopic (exact) mass is 370 g/mol. The molecule has 20 heavy (non-hydrogen) atoms. The predicted molar refractivity (Wildman–Crippen MR) is 78.7 cm³/mol. The van der Waals surface area contributed by atoms with Gasteiger partial charge in [-0.3, -0.25) is 4.79 Å². The van der Waals surface area contributed by atoms with E-state index in [2.05, 4.69) is 21.2 Å². The summed E-state index contributed by atoms with van der Waals surface area (Å²) in [5.41, 5.74) is 4.90. The van der Waals surface area contributed by atoms with Crippen LogP contribution in [0.25, 0.3) is 0 Å². The van der Waals surface area contributed by atoms with Crippen LogP contribution in [0.3, 0.4) is 0 Å². The molecule has 112 valence electrons. The van der Waals surface area contributed by atoms with Crippen molar-refractivity contribution in [1.82, 2.24) is 0 Å². The topological polar surface area (TPSA) is 55.1 Å². The highest BCUT2D eigenvalue weighted by Gasteiger charge is 2.31. The summed E-state index contributed by atoms with van der Waals surface area (Å²) >= 11 is 4.65. The lowest BCUT2D eigenvalue weighted by atomic mass is 10.1. The van der Waals surface area contributed by atoms with Crippen LogP contribution >= 0.6 is 27.7 Å². The summed E-state index contributed by atoms with van der Waals surface area (Å²) in [7, 11) is 0. The Morgan fingerprint density at radius 2 is 2.15 bits per heavy atom. The van der Waals surface area contributed by atoms with Gasteiger partial charge in [-0.15, -0.1) is 0 Å². The number of benzene rings is 1. The minimum Gasteiger partial charge on any atom is -0.324 e. The van der Waals surface area contributed by atoms with Crippen LogP contribution in [0.5, 0.6) is 0 Å². The number of alkyl halides is 3. The minimum atomic E-state index is -4.46. The van der Waals surface area contributed by atoms with Gasteiger partial charge in [0.2, 0.25) is 5.91 Å². The van der Waals surface area contributed by atoms with Crippen LogP contribution in [0.4, 0.5) is 18.9 Å². The first-order valence-electron chi connectivity index (χ1n) is 5.68. The van der Waals surface area contributed by atoms with E-state index < -0.39 is 23.7 Å². The molecule has 0 fully saturated rings. The van der Waals surface area contributed by atoms with Crippen molar-refractivity contribution >= 4 is 39.3 Å². The second-order valence-corrected chi connectivity index (χ2v) is 5.91. The average molecular weight is 371 g/mol. The van der Waals surface area contributed by atoms with Gasteiger partial charge < -0.3 is 11.1 Å². The fourth-order valence-electron chi connectivity index (χ4n) is 1.40. The molecule has 0 saturated carbocycles. The molecule has 1 aromatic rings. The number of anilines is 1. The second-order valence-electron chi connectivity index (χ2n) is 4.07. The maximum absolute atomic E-state index is 12.6. The zero-order valence-electron chi connectivity index (χ0n) is 10.6. The number of carbonyl (C=O) groups excluding carboxylic acids is 1. The average Bonchev–Trinajstić information content (AvgIpc) is 2.37. The first kappa shape index (κ1) is 17.3. The van der Waals surface area contributed by atoms with Crippen LogP contribution in [0, 0.1) is 0 Å². The highest BCUT2D eigenvalue weighted by Crippen LogP contribution is 2.33. The van der Waals surface area contributed by atoms with Crippen molar-refractivity contribution in [1.29, 1.82) is 0 Å². The van der Waals surface area contributed by atoms with Crippen LogP contribution in [-0.4, -0.2) is 24.0 Å². The molecular weight excluding hydrogens is 357 g/mol.